The molecule has 23 heavy (non-hydrogen) atoms. The summed E-state index contributed by atoms with van der Waals surface area (Å²) < 4.78 is 75.4. The molecule has 6 heteroatoms. The van der Waals surface area contributed by atoms with E-state index in [4.69, 9.17) is 0 Å². The van der Waals surface area contributed by atoms with Gasteiger partial charge in [0.15, 0.2) is 0 Å². The molecule has 0 nitrogen and oxygen atoms in total. The second-order valence-electron chi connectivity index (χ2n) is 5.08. The summed E-state index contributed by atoms with van der Waals surface area (Å²) in [6, 6.07) is 9.16. The second-order valence-corrected chi connectivity index (χ2v) is 5.08. The van der Waals surface area contributed by atoms with Crippen molar-refractivity contribution in [1.82, 2.24) is 0 Å². The summed E-state index contributed by atoms with van der Waals surface area (Å²) in [7, 11) is 0. The van der Waals surface area contributed by atoms with Crippen molar-refractivity contribution in [1.29, 1.82) is 0 Å². The summed E-state index contributed by atoms with van der Waals surface area (Å²) >= 11 is 0. The number of alkyl halides is 6. The van der Waals surface area contributed by atoms with Gasteiger partial charge in [-0.05, 0) is 41.8 Å². The van der Waals surface area contributed by atoms with Gasteiger partial charge in [-0.25, -0.2) is 0 Å². The van der Waals surface area contributed by atoms with Crippen molar-refractivity contribution in [3.63, 3.8) is 0 Å². The SMILES string of the molecule is [CH2]CC(c1ccc(C(F)(F)F)cc1)c1ccc(C(F)(F)F)cc1. The third-order valence-electron chi connectivity index (χ3n) is 3.57. The summed E-state index contributed by atoms with van der Waals surface area (Å²) in [4.78, 5) is 0. The minimum absolute atomic E-state index is 0.316. The molecule has 0 amide bonds. The molecular formula is C17H13F6. The molecule has 1 radical (unpaired) electrons. The summed E-state index contributed by atoms with van der Waals surface area (Å²) in [5.41, 5.74) is -0.381. The van der Waals surface area contributed by atoms with Gasteiger partial charge in [0.2, 0.25) is 0 Å². The Kier molecular flexibility index (Phi) is 4.73. The average molecular weight is 331 g/mol. The van der Waals surface area contributed by atoms with Gasteiger partial charge in [-0.1, -0.05) is 31.2 Å². The van der Waals surface area contributed by atoms with Gasteiger partial charge in [0, 0.05) is 5.92 Å². The Morgan fingerprint density at radius 1 is 0.652 bits per heavy atom. The van der Waals surface area contributed by atoms with Crippen LogP contribution in [0, 0.1) is 6.92 Å². The highest BCUT2D eigenvalue weighted by Crippen LogP contribution is 2.34. The predicted molar refractivity (Wildman–Crippen MR) is 74.7 cm³/mol. The van der Waals surface area contributed by atoms with E-state index < -0.39 is 23.5 Å². The maximum atomic E-state index is 12.6. The molecular weight excluding hydrogens is 318 g/mol. The van der Waals surface area contributed by atoms with Gasteiger partial charge in [-0.2, -0.15) is 26.3 Å². The first-order valence-corrected chi connectivity index (χ1v) is 6.76. The molecule has 0 fully saturated rings. The maximum Gasteiger partial charge on any atom is 0.416 e. The summed E-state index contributed by atoms with van der Waals surface area (Å²) in [5, 5.41) is 0. The third kappa shape index (κ3) is 4.06. The van der Waals surface area contributed by atoms with Gasteiger partial charge in [0.1, 0.15) is 0 Å². The molecule has 0 bridgehead atoms. The van der Waals surface area contributed by atoms with Crippen LogP contribution in [0.5, 0.6) is 0 Å². The van der Waals surface area contributed by atoms with E-state index in [9.17, 15) is 26.3 Å². The molecule has 0 saturated heterocycles. The van der Waals surface area contributed by atoms with E-state index in [0.717, 1.165) is 24.3 Å². The van der Waals surface area contributed by atoms with E-state index in [0.29, 0.717) is 17.5 Å². The molecule has 0 saturated carbocycles. The fourth-order valence-electron chi connectivity index (χ4n) is 2.33. The van der Waals surface area contributed by atoms with Crippen molar-refractivity contribution >= 4 is 0 Å². The second kappa shape index (κ2) is 6.26. The van der Waals surface area contributed by atoms with E-state index >= 15 is 0 Å². The summed E-state index contributed by atoms with van der Waals surface area (Å²) in [6.45, 7) is 3.74. The normalized spacial score (nSPS) is 12.7. The van der Waals surface area contributed by atoms with Crippen LogP contribution < -0.4 is 0 Å². The lowest BCUT2D eigenvalue weighted by Crippen LogP contribution is -2.07. The minimum Gasteiger partial charge on any atom is -0.166 e. The maximum absolute atomic E-state index is 12.6. The molecule has 0 aliphatic rings. The standard InChI is InChI=1S/C17H13F6/c1-2-15(11-3-7-13(8-4-11)16(18,19)20)12-5-9-14(10-6-12)17(21,22)23/h3-10,15H,1-2H2. The molecule has 2 rings (SSSR count). The molecule has 2 aromatic carbocycles. The molecule has 0 N–H and O–H groups in total. The average Bonchev–Trinajstić information content (AvgIpc) is 2.47. The van der Waals surface area contributed by atoms with Crippen molar-refractivity contribution in [3.05, 3.63) is 77.7 Å². The first-order valence-electron chi connectivity index (χ1n) is 6.76. The Bertz CT molecular complexity index is 577. The van der Waals surface area contributed by atoms with Gasteiger partial charge in [0.25, 0.3) is 0 Å². The molecule has 0 spiro atoms. The first-order chi connectivity index (χ1) is 10.6. The predicted octanol–water partition coefficient (Wildman–Crippen LogP) is 6.08. The van der Waals surface area contributed by atoms with Crippen LogP contribution in [-0.2, 0) is 12.4 Å². The van der Waals surface area contributed by atoms with Crippen LogP contribution in [-0.4, -0.2) is 0 Å². The van der Waals surface area contributed by atoms with Gasteiger partial charge in [-0.3, -0.25) is 0 Å². The van der Waals surface area contributed by atoms with Crippen LogP contribution in [0.4, 0.5) is 26.3 Å². The molecule has 0 heterocycles. The number of hydrogen-bond donors (Lipinski definition) is 0. The number of rotatable bonds is 3. The van der Waals surface area contributed by atoms with Gasteiger partial charge >= 0.3 is 12.4 Å². The number of hydrogen-bond acceptors (Lipinski definition) is 0. The van der Waals surface area contributed by atoms with Gasteiger partial charge in [-0.15, -0.1) is 0 Å². The van der Waals surface area contributed by atoms with Crippen LogP contribution in [0.3, 0.4) is 0 Å². The zero-order valence-corrected chi connectivity index (χ0v) is 11.9. The van der Waals surface area contributed by atoms with E-state index in [-0.39, 0.29) is 5.92 Å². The van der Waals surface area contributed by atoms with Gasteiger partial charge < -0.3 is 0 Å². The van der Waals surface area contributed by atoms with Crippen LogP contribution >= 0.6 is 0 Å². The topological polar surface area (TPSA) is 0 Å². The van der Waals surface area contributed by atoms with E-state index in [1.54, 1.807) is 0 Å². The lowest BCUT2D eigenvalue weighted by atomic mass is 9.88. The zero-order valence-electron chi connectivity index (χ0n) is 11.9. The van der Waals surface area contributed by atoms with E-state index in [1.165, 1.54) is 24.3 Å². The van der Waals surface area contributed by atoms with Crippen LogP contribution in [0.15, 0.2) is 48.5 Å². The molecule has 123 valence electrons. The van der Waals surface area contributed by atoms with Crippen molar-refractivity contribution in [3.8, 4) is 0 Å². The van der Waals surface area contributed by atoms with Gasteiger partial charge in [0.05, 0.1) is 11.1 Å². The molecule has 0 aromatic heterocycles. The lowest BCUT2D eigenvalue weighted by Gasteiger charge is -2.18. The highest BCUT2D eigenvalue weighted by molar-refractivity contribution is 5.36. The van der Waals surface area contributed by atoms with Crippen LogP contribution in [0.2, 0.25) is 0 Å². The Labute approximate surface area is 129 Å². The Morgan fingerprint density at radius 3 is 1.17 bits per heavy atom. The summed E-state index contributed by atoms with van der Waals surface area (Å²) in [5.74, 6) is -0.362. The highest BCUT2D eigenvalue weighted by Gasteiger charge is 2.31. The van der Waals surface area contributed by atoms with E-state index in [1.807, 2.05) is 0 Å². The quantitative estimate of drug-likeness (QED) is 0.598. The van der Waals surface area contributed by atoms with Crippen molar-refractivity contribution in [2.45, 2.75) is 24.7 Å². The van der Waals surface area contributed by atoms with Crippen molar-refractivity contribution in [2.75, 3.05) is 0 Å². The summed E-state index contributed by atoms with van der Waals surface area (Å²) in [6.07, 6.45) is -8.53. The minimum atomic E-state index is -4.42. The Balaban J connectivity index is 2.29. The molecule has 0 unspecified atom stereocenters. The molecule has 0 atom stereocenters. The molecule has 2 aromatic rings. The molecule has 0 aliphatic heterocycles. The lowest BCUT2D eigenvalue weighted by molar-refractivity contribution is -0.138. The van der Waals surface area contributed by atoms with Crippen LogP contribution in [0.25, 0.3) is 0 Å². The zero-order chi connectivity index (χ0) is 17.3. The number of halogens is 6. The fraction of sp³-hybridized carbons (Fsp3) is 0.235. The molecule has 0 aliphatic carbocycles. The Hall–Kier alpha value is -1.98. The van der Waals surface area contributed by atoms with Crippen molar-refractivity contribution in [2.24, 2.45) is 0 Å². The van der Waals surface area contributed by atoms with E-state index in [2.05, 4.69) is 6.92 Å². The highest BCUT2D eigenvalue weighted by atomic mass is 19.4. The third-order valence-corrected chi connectivity index (χ3v) is 3.57. The monoisotopic (exact) mass is 331 g/mol. The first kappa shape index (κ1) is 17.4. The largest absolute Gasteiger partial charge is 0.416 e. The van der Waals surface area contributed by atoms with Crippen LogP contribution in [0.1, 0.15) is 34.6 Å². The smallest absolute Gasteiger partial charge is 0.166 e. The Morgan fingerprint density at radius 2 is 0.957 bits per heavy atom. The number of benzene rings is 2. The fourth-order valence-corrected chi connectivity index (χ4v) is 2.33. The van der Waals surface area contributed by atoms with Crippen molar-refractivity contribution < 1.29 is 26.3 Å².